The number of hydrogen-bond acceptors (Lipinski definition) is 5. The lowest BCUT2D eigenvalue weighted by molar-refractivity contribution is 0.407. The number of pyridine rings is 1. The first kappa shape index (κ1) is 13.9. The van der Waals surface area contributed by atoms with Gasteiger partial charge in [-0.15, -0.1) is 0 Å². The zero-order valence-corrected chi connectivity index (χ0v) is 11.2. The van der Waals surface area contributed by atoms with Crippen LogP contribution in [-0.4, -0.2) is 32.8 Å². The van der Waals surface area contributed by atoms with Crippen molar-refractivity contribution >= 4 is 9.84 Å². The monoisotopic (exact) mass is 258 g/mol. The summed E-state index contributed by atoms with van der Waals surface area (Å²) in [6.07, 6.45) is 1.62. The standard InChI is InChI=1S/C11H18N2O3S/c1-8-6-13-10(9(2)11(8)16-3)7-17(14,15)5-4-12/h6H,4-5,7,12H2,1-3H3. The number of hydrogen-bond donors (Lipinski definition) is 1. The molecule has 5 nitrogen and oxygen atoms in total. The molecule has 1 rings (SSSR count). The molecule has 1 heterocycles. The van der Waals surface area contributed by atoms with Gasteiger partial charge in [0.05, 0.1) is 24.3 Å². The maximum atomic E-state index is 11.7. The molecule has 2 N–H and O–H groups in total. The summed E-state index contributed by atoms with van der Waals surface area (Å²) in [4.78, 5) is 4.15. The second kappa shape index (κ2) is 5.46. The third-order valence-corrected chi connectivity index (χ3v) is 4.11. The maximum Gasteiger partial charge on any atom is 0.157 e. The molecule has 1 aromatic heterocycles. The summed E-state index contributed by atoms with van der Waals surface area (Å²) < 4.78 is 28.6. The van der Waals surface area contributed by atoms with Gasteiger partial charge in [-0.25, -0.2) is 8.42 Å². The molecule has 0 aromatic carbocycles. The molecule has 0 aliphatic heterocycles. The van der Waals surface area contributed by atoms with Crippen LogP contribution in [0.3, 0.4) is 0 Å². The highest BCUT2D eigenvalue weighted by atomic mass is 32.2. The highest BCUT2D eigenvalue weighted by Gasteiger charge is 2.16. The van der Waals surface area contributed by atoms with Gasteiger partial charge in [0.25, 0.3) is 0 Å². The van der Waals surface area contributed by atoms with Crippen molar-refractivity contribution in [3.05, 3.63) is 23.0 Å². The van der Waals surface area contributed by atoms with E-state index >= 15 is 0 Å². The SMILES string of the molecule is COc1c(C)cnc(CS(=O)(=O)CCN)c1C. The van der Waals surface area contributed by atoms with Gasteiger partial charge in [-0.2, -0.15) is 0 Å². The van der Waals surface area contributed by atoms with Crippen molar-refractivity contribution in [3.63, 3.8) is 0 Å². The van der Waals surface area contributed by atoms with Crippen LogP contribution in [0.5, 0.6) is 5.75 Å². The number of aryl methyl sites for hydroxylation is 1. The average Bonchev–Trinajstić information content (AvgIpc) is 2.23. The second-order valence-corrected chi connectivity index (χ2v) is 6.11. The third kappa shape index (κ3) is 3.41. The molecule has 0 radical (unpaired) electrons. The Kier molecular flexibility index (Phi) is 4.47. The topological polar surface area (TPSA) is 82.3 Å². The normalized spacial score (nSPS) is 11.5. The summed E-state index contributed by atoms with van der Waals surface area (Å²) >= 11 is 0. The van der Waals surface area contributed by atoms with Crippen LogP contribution in [0.25, 0.3) is 0 Å². The highest BCUT2D eigenvalue weighted by Crippen LogP contribution is 2.24. The van der Waals surface area contributed by atoms with E-state index < -0.39 is 9.84 Å². The Hall–Kier alpha value is -1.14. The summed E-state index contributed by atoms with van der Waals surface area (Å²) in [6, 6.07) is 0. The van der Waals surface area contributed by atoms with Gasteiger partial charge < -0.3 is 10.5 Å². The van der Waals surface area contributed by atoms with Crippen LogP contribution < -0.4 is 10.5 Å². The number of sulfone groups is 1. The van der Waals surface area contributed by atoms with Crippen LogP contribution in [0.2, 0.25) is 0 Å². The fraction of sp³-hybridized carbons (Fsp3) is 0.545. The van der Waals surface area contributed by atoms with Crippen LogP contribution in [0.1, 0.15) is 16.8 Å². The molecule has 0 saturated carbocycles. The molecule has 0 fully saturated rings. The second-order valence-electron chi connectivity index (χ2n) is 3.93. The van der Waals surface area contributed by atoms with E-state index in [0.29, 0.717) is 11.4 Å². The molecule has 6 heteroatoms. The number of nitrogens with zero attached hydrogens (tertiary/aromatic N) is 1. The van der Waals surface area contributed by atoms with Gasteiger partial charge in [-0.05, 0) is 13.8 Å². The van der Waals surface area contributed by atoms with Crippen LogP contribution in [0.4, 0.5) is 0 Å². The van der Waals surface area contributed by atoms with E-state index in [-0.39, 0.29) is 18.1 Å². The van der Waals surface area contributed by atoms with Crippen LogP contribution in [0.15, 0.2) is 6.20 Å². The van der Waals surface area contributed by atoms with E-state index in [9.17, 15) is 8.42 Å². The molecule has 0 bridgehead atoms. The molecule has 0 atom stereocenters. The van der Waals surface area contributed by atoms with Gasteiger partial charge in [-0.1, -0.05) is 0 Å². The number of rotatable bonds is 5. The van der Waals surface area contributed by atoms with Crippen molar-refractivity contribution in [2.24, 2.45) is 5.73 Å². The number of aromatic nitrogens is 1. The zero-order chi connectivity index (χ0) is 13.1. The van der Waals surface area contributed by atoms with E-state index in [1.807, 2.05) is 13.8 Å². The van der Waals surface area contributed by atoms with Crippen LogP contribution in [0, 0.1) is 13.8 Å². The predicted molar refractivity (Wildman–Crippen MR) is 66.8 cm³/mol. The number of ether oxygens (including phenoxy) is 1. The lowest BCUT2D eigenvalue weighted by Crippen LogP contribution is -2.18. The van der Waals surface area contributed by atoms with Gasteiger partial charge >= 0.3 is 0 Å². The molecule has 0 aliphatic rings. The van der Waals surface area contributed by atoms with Gasteiger partial charge in [0, 0.05) is 23.9 Å². The fourth-order valence-electron chi connectivity index (χ4n) is 1.68. The van der Waals surface area contributed by atoms with E-state index in [0.717, 1.165) is 11.1 Å². The van der Waals surface area contributed by atoms with Gasteiger partial charge in [0.2, 0.25) is 0 Å². The Morgan fingerprint density at radius 2 is 2.06 bits per heavy atom. The van der Waals surface area contributed by atoms with Gasteiger partial charge in [0.1, 0.15) is 5.75 Å². The van der Waals surface area contributed by atoms with Crippen molar-refractivity contribution < 1.29 is 13.2 Å². The Balaban J connectivity index is 3.09. The molecule has 0 saturated heterocycles. The first-order valence-corrected chi connectivity index (χ1v) is 7.13. The molecule has 0 unspecified atom stereocenters. The molecular formula is C11H18N2O3S. The van der Waals surface area contributed by atoms with Crippen LogP contribution in [-0.2, 0) is 15.6 Å². The highest BCUT2D eigenvalue weighted by molar-refractivity contribution is 7.90. The Bertz CT molecular complexity index is 498. The first-order chi connectivity index (χ1) is 7.91. The first-order valence-electron chi connectivity index (χ1n) is 5.31. The van der Waals surface area contributed by atoms with Gasteiger partial charge in [-0.3, -0.25) is 4.98 Å². The summed E-state index contributed by atoms with van der Waals surface area (Å²) in [5.41, 5.74) is 7.46. The Morgan fingerprint density at radius 3 is 2.59 bits per heavy atom. The van der Waals surface area contributed by atoms with Gasteiger partial charge in [0.15, 0.2) is 9.84 Å². The van der Waals surface area contributed by atoms with E-state index in [4.69, 9.17) is 10.5 Å². The average molecular weight is 258 g/mol. The minimum Gasteiger partial charge on any atom is -0.496 e. The minimum absolute atomic E-state index is 0.0235. The molecule has 96 valence electrons. The summed E-state index contributed by atoms with van der Waals surface area (Å²) in [7, 11) is -1.63. The van der Waals surface area contributed by atoms with Crippen molar-refractivity contribution in [1.82, 2.24) is 4.98 Å². The summed E-state index contributed by atoms with van der Waals surface area (Å²) in [5, 5.41) is 0. The lowest BCUT2D eigenvalue weighted by Gasteiger charge is -2.12. The molecule has 1 aromatic rings. The largest absolute Gasteiger partial charge is 0.496 e. The summed E-state index contributed by atoms with van der Waals surface area (Å²) in [5.74, 6) is 0.578. The molecule has 0 spiro atoms. The van der Waals surface area contributed by atoms with E-state index in [1.54, 1.807) is 13.3 Å². The number of methoxy groups -OCH3 is 1. The van der Waals surface area contributed by atoms with Crippen molar-refractivity contribution in [1.29, 1.82) is 0 Å². The number of nitrogens with two attached hydrogens (primary N) is 1. The summed E-state index contributed by atoms with van der Waals surface area (Å²) in [6.45, 7) is 3.81. The predicted octanol–water partition coefficient (Wildman–Crippen LogP) is 0.581. The minimum atomic E-state index is -3.19. The molecular weight excluding hydrogens is 240 g/mol. The van der Waals surface area contributed by atoms with E-state index in [2.05, 4.69) is 4.98 Å². The van der Waals surface area contributed by atoms with Crippen molar-refractivity contribution in [2.45, 2.75) is 19.6 Å². The quantitative estimate of drug-likeness (QED) is 0.835. The molecule has 0 amide bonds. The Labute approximate surface area is 102 Å². The Morgan fingerprint density at radius 1 is 1.41 bits per heavy atom. The maximum absolute atomic E-state index is 11.7. The van der Waals surface area contributed by atoms with E-state index in [1.165, 1.54) is 0 Å². The van der Waals surface area contributed by atoms with Crippen molar-refractivity contribution in [3.8, 4) is 5.75 Å². The fourth-order valence-corrected chi connectivity index (χ4v) is 2.89. The smallest absolute Gasteiger partial charge is 0.157 e. The third-order valence-electron chi connectivity index (χ3n) is 2.54. The van der Waals surface area contributed by atoms with Crippen molar-refractivity contribution in [2.75, 3.05) is 19.4 Å². The zero-order valence-electron chi connectivity index (χ0n) is 10.4. The molecule has 17 heavy (non-hydrogen) atoms. The molecule has 0 aliphatic carbocycles. The lowest BCUT2D eigenvalue weighted by atomic mass is 10.1. The van der Waals surface area contributed by atoms with Crippen LogP contribution >= 0.6 is 0 Å².